The summed E-state index contributed by atoms with van der Waals surface area (Å²) in [5, 5.41) is 7.13. The Morgan fingerprint density at radius 3 is 2.34 bits per heavy atom. The van der Waals surface area contributed by atoms with Crippen molar-refractivity contribution in [2.24, 2.45) is 0 Å². The summed E-state index contributed by atoms with van der Waals surface area (Å²) in [6, 6.07) is 15.2. The standard InChI is InChI=1S/C22H23N3O4/c1-27-18-13-17(14-19(28-2)22(18)29-3)9-10-21(26)24-20-11-12-23-25(20)15-16-7-5-4-6-8-16/h4-14H,15H2,1-3H3,(H,24,26)/b10-9+. The second kappa shape index (κ2) is 9.45. The number of aromatic nitrogens is 2. The first kappa shape index (κ1) is 20.0. The molecule has 1 amide bonds. The first-order valence-corrected chi connectivity index (χ1v) is 8.99. The van der Waals surface area contributed by atoms with Crippen LogP contribution in [0.15, 0.2) is 60.8 Å². The Hall–Kier alpha value is -3.74. The number of nitrogens with one attached hydrogen (secondary N) is 1. The van der Waals surface area contributed by atoms with Gasteiger partial charge in [-0.2, -0.15) is 5.10 Å². The van der Waals surface area contributed by atoms with E-state index in [4.69, 9.17) is 14.2 Å². The zero-order chi connectivity index (χ0) is 20.6. The molecule has 3 aromatic rings. The molecule has 0 aliphatic carbocycles. The normalized spacial score (nSPS) is 10.7. The third kappa shape index (κ3) is 4.95. The van der Waals surface area contributed by atoms with Gasteiger partial charge < -0.3 is 19.5 Å². The number of hydrogen-bond acceptors (Lipinski definition) is 5. The van der Waals surface area contributed by atoms with Gasteiger partial charge in [0.15, 0.2) is 11.5 Å². The molecule has 7 heteroatoms. The lowest BCUT2D eigenvalue weighted by atomic mass is 10.1. The van der Waals surface area contributed by atoms with Gasteiger partial charge in [0.2, 0.25) is 11.7 Å². The molecule has 0 spiro atoms. The number of carbonyl (C=O) groups excluding carboxylic acids is 1. The summed E-state index contributed by atoms with van der Waals surface area (Å²) < 4.78 is 17.7. The molecule has 1 heterocycles. The van der Waals surface area contributed by atoms with Crippen molar-refractivity contribution in [3.63, 3.8) is 0 Å². The van der Waals surface area contributed by atoms with Crippen LogP contribution in [0.4, 0.5) is 5.82 Å². The highest BCUT2D eigenvalue weighted by Gasteiger charge is 2.12. The van der Waals surface area contributed by atoms with E-state index in [0.717, 1.165) is 11.1 Å². The number of nitrogens with zero attached hydrogens (tertiary/aromatic N) is 2. The summed E-state index contributed by atoms with van der Waals surface area (Å²) in [7, 11) is 4.64. The molecule has 0 aliphatic rings. The van der Waals surface area contributed by atoms with E-state index in [0.29, 0.717) is 29.6 Å². The molecule has 0 unspecified atom stereocenters. The average molecular weight is 393 g/mol. The maximum Gasteiger partial charge on any atom is 0.249 e. The van der Waals surface area contributed by atoms with Crippen LogP contribution in [0.5, 0.6) is 17.2 Å². The number of carbonyl (C=O) groups is 1. The van der Waals surface area contributed by atoms with Crippen molar-refractivity contribution >= 4 is 17.8 Å². The molecule has 3 rings (SSSR count). The number of benzene rings is 2. The predicted octanol–water partition coefficient (Wildman–Crippen LogP) is 3.61. The Bertz CT molecular complexity index is 971. The largest absolute Gasteiger partial charge is 0.493 e. The molecule has 0 bridgehead atoms. The molecule has 0 saturated heterocycles. The Morgan fingerprint density at radius 2 is 1.72 bits per heavy atom. The van der Waals surface area contributed by atoms with Gasteiger partial charge in [0.1, 0.15) is 5.82 Å². The van der Waals surface area contributed by atoms with Crippen molar-refractivity contribution in [2.75, 3.05) is 26.6 Å². The molecule has 0 radical (unpaired) electrons. The van der Waals surface area contributed by atoms with Crippen molar-refractivity contribution in [2.45, 2.75) is 6.54 Å². The van der Waals surface area contributed by atoms with E-state index in [2.05, 4.69) is 10.4 Å². The second-order valence-corrected chi connectivity index (χ2v) is 6.14. The third-order valence-electron chi connectivity index (χ3n) is 4.26. The topological polar surface area (TPSA) is 74.6 Å². The number of rotatable bonds is 8. The lowest BCUT2D eigenvalue weighted by Crippen LogP contribution is -2.13. The summed E-state index contributed by atoms with van der Waals surface area (Å²) >= 11 is 0. The highest BCUT2D eigenvalue weighted by atomic mass is 16.5. The molecule has 0 atom stereocenters. The van der Waals surface area contributed by atoms with Crippen molar-refractivity contribution in [3.05, 3.63) is 71.9 Å². The van der Waals surface area contributed by atoms with Crippen LogP contribution in [0.25, 0.3) is 6.08 Å². The summed E-state index contributed by atoms with van der Waals surface area (Å²) in [5.41, 5.74) is 1.84. The number of amides is 1. The minimum Gasteiger partial charge on any atom is -0.493 e. The number of ether oxygens (including phenoxy) is 3. The van der Waals surface area contributed by atoms with Crippen LogP contribution in [0, 0.1) is 0 Å². The van der Waals surface area contributed by atoms with Crippen LogP contribution in [0.1, 0.15) is 11.1 Å². The summed E-state index contributed by atoms with van der Waals surface area (Å²) in [5.74, 6) is 1.89. The van der Waals surface area contributed by atoms with E-state index in [1.807, 2.05) is 30.3 Å². The molecule has 2 aromatic carbocycles. The Balaban J connectivity index is 1.72. The Kier molecular flexibility index (Phi) is 6.52. The molecule has 1 N–H and O–H groups in total. The van der Waals surface area contributed by atoms with E-state index >= 15 is 0 Å². The Morgan fingerprint density at radius 1 is 1.03 bits per heavy atom. The van der Waals surface area contributed by atoms with E-state index in [-0.39, 0.29) is 5.91 Å². The fourth-order valence-electron chi connectivity index (χ4n) is 2.86. The minimum atomic E-state index is -0.270. The van der Waals surface area contributed by atoms with Gasteiger partial charge in [0.25, 0.3) is 0 Å². The SMILES string of the molecule is COc1cc(/C=C/C(=O)Nc2ccnn2Cc2ccccc2)cc(OC)c1OC. The quantitative estimate of drug-likeness (QED) is 0.592. The monoisotopic (exact) mass is 393 g/mol. The fraction of sp³-hybridized carbons (Fsp3) is 0.182. The van der Waals surface area contributed by atoms with E-state index in [9.17, 15) is 4.79 Å². The zero-order valence-electron chi connectivity index (χ0n) is 16.6. The van der Waals surface area contributed by atoms with Gasteiger partial charge in [-0.15, -0.1) is 0 Å². The maximum atomic E-state index is 12.4. The lowest BCUT2D eigenvalue weighted by Gasteiger charge is -2.12. The maximum absolute atomic E-state index is 12.4. The van der Waals surface area contributed by atoms with E-state index in [1.165, 1.54) is 6.08 Å². The van der Waals surface area contributed by atoms with Crippen LogP contribution in [0.3, 0.4) is 0 Å². The summed E-state index contributed by atoms with van der Waals surface area (Å²) in [4.78, 5) is 12.4. The third-order valence-corrected chi connectivity index (χ3v) is 4.26. The van der Waals surface area contributed by atoms with Crippen LogP contribution in [-0.2, 0) is 11.3 Å². The first-order valence-electron chi connectivity index (χ1n) is 8.99. The van der Waals surface area contributed by atoms with E-state index < -0.39 is 0 Å². The van der Waals surface area contributed by atoms with E-state index in [1.54, 1.807) is 56.5 Å². The van der Waals surface area contributed by atoms with Crippen molar-refractivity contribution in [3.8, 4) is 17.2 Å². The van der Waals surface area contributed by atoms with Gasteiger partial charge in [0, 0.05) is 12.1 Å². The van der Waals surface area contributed by atoms with Crippen LogP contribution < -0.4 is 19.5 Å². The zero-order valence-corrected chi connectivity index (χ0v) is 16.6. The van der Waals surface area contributed by atoms with Gasteiger partial charge in [-0.05, 0) is 29.3 Å². The smallest absolute Gasteiger partial charge is 0.249 e. The molecular weight excluding hydrogens is 370 g/mol. The van der Waals surface area contributed by atoms with Crippen molar-refractivity contribution in [1.29, 1.82) is 0 Å². The van der Waals surface area contributed by atoms with Crippen LogP contribution in [-0.4, -0.2) is 37.0 Å². The highest BCUT2D eigenvalue weighted by Crippen LogP contribution is 2.38. The number of methoxy groups -OCH3 is 3. The molecule has 0 fully saturated rings. The van der Waals surface area contributed by atoms with Gasteiger partial charge >= 0.3 is 0 Å². The first-order chi connectivity index (χ1) is 14.1. The average Bonchev–Trinajstić information content (AvgIpc) is 3.18. The van der Waals surface area contributed by atoms with Gasteiger partial charge in [-0.25, -0.2) is 4.68 Å². The number of hydrogen-bond donors (Lipinski definition) is 1. The number of anilines is 1. The predicted molar refractivity (Wildman–Crippen MR) is 112 cm³/mol. The van der Waals surface area contributed by atoms with Gasteiger partial charge in [0.05, 0.1) is 34.1 Å². The highest BCUT2D eigenvalue weighted by molar-refractivity contribution is 6.01. The summed E-state index contributed by atoms with van der Waals surface area (Å²) in [6.07, 6.45) is 4.78. The van der Waals surface area contributed by atoms with Crippen LogP contribution in [0.2, 0.25) is 0 Å². The lowest BCUT2D eigenvalue weighted by molar-refractivity contribution is -0.111. The molecule has 1 aromatic heterocycles. The van der Waals surface area contributed by atoms with Gasteiger partial charge in [-0.3, -0.25) is 4.79 Å². The molecule has 7 nitrogen and oxygen atoms in total. The summed E-state index contributed by atoms with van der Waals surface area (Å²) in [6.45, 7) is 0.569. The second-order valence-electron chi connectivity index (χ2n) is 6.14. The van der Waals surface area contributed by atoms with Crippen molar-refractivity contribution in [1.82, 2.24) is 9.78 Å². The molecule has 0 aliphatic heterocycles. The van der Waals surface area contributed by atoms with Gasteiger partial charge in [-0.1, -0.05) is 30.3 Å². The Labute approximate surface area is 169 Å². The molecule has 29 heavy (non-hydrogen) atoms. The van der Waals surface area contributed by atoms with Crippen molar-refractivity contribution < 1.29 is 19.0 Å². The minimum absolute atomic E-state index is 0.270. The van der Waals surface area contributed by atoms with Crippen LogP contribution >= 0.6 is 0 Å². The molecule has 150 valence electrons. The molecular formula is C22H23N3O4. The molecule has 0 saturated carbocycles. The fourth-order valence-corrected chi connectivity index (χ4v) is 2.86.